The van der Waals surface area contributed by atoms with E-state index in [0.29, 0.717) is 52.3 Å². The summed E-state index contributed by atoms with van der Waals surface area (Å²) in [5.41, 5.74) is 2.30. The summed E-state index contributed by atoms with van der Waals surface area (Å²) in [6.45, 7) is 5.16. The number of amides is 1. The van der Waals surface area contributed by atoms with Crippen molar-refractivity contribution in [3.05, 3.63) is 93.0 Å². The predicted molar refractivity (Wildman–Crippen MR) is 121 cm³/mol. The molecule has 1 aromatic heterocycles. The molecule has 0 fully saturated rings. The summed E-state index contributed by atoms with van der Waals surface area (Å²) in [4.78, 5) is 18.9. The number of hydrogen-bond acceptors (Lipinski definition) is 3. The Balaban J connectivity index is 1.81. The molecule has 162 valence electrons. The normalized spacial score (nSPS) is 10.7. The topological polar surface area (TPSA) is 42.4 Å². The van der Waals surface area contributed by atoms with Gasteiger partial charge in [-0.1, -0.05) is 35.3 Å². The van der Waals surface area contributed by atoms with E-state index in [0.717, 1.165) is 5.56 Å². The number of ether oxygens (including phenoxy) is 1. The van der Waals surface area contributed by atoms with Crippen LogP contribution in [0.5, 0.6) is 5.75 Å². The zero-order valence-corrected chi connectivity index (χ0v) is 18.9. The molecule has 4 nitrogen and oxygen atoms in total. The van der Waals surface area contributed by atoms with E-state index in [4.69, 9.17) is 27.9 Å². The molecule has 2 aromatic carbocycles. The van der Waals surface area contributed by atoms with Gasteiger partial charge in [-0.2, -0.15) is 0 Å². The van der Waals surface area contributed by atoms with E-state index in [1.54, 1.807) is 41.3 Å². The zero-order valence-electron chi connectivity index (χ0n) is 17.4. The van der Waals surface area contributed by atoms with Crippen LogP contribution < -0.4 is 4.74 Å². The average molecular weight is 461 g/mol. The molecule has 1 heterocycles. The molecule has 0 unspecified atom stereocenters. The van der Waals surface area contributed by atoms with Gasteiger partial charge in [0.2, 0.25) is 0 Å². The highest BCUT2D eigenvalue weighted by Crippen LogP contribution is 2.27. The predicted octanol–water partition coefficient (Wildman–Crippen LogP) is 6.18. The smallest absolute Gasteiger partial charge is 0.272 e. The number of carbonyl (C=O) groups excluding carboxylic acids is 1. The van der Waals surface area contributed by atoms with Crippen molar-refractivity contribution in [3.8, 4) is 5.75 Å². The van der Waals surface area contributed by atoms with Crippen molar-refractivity contribution in [1.82, 2.24) is 9.88 Å². The summed E-state index contributed by atoms with van der Waals surface area (Å²) >= 11 is 12.0. The zero-order chi connectivity index (χ0) is 22.4. The second kappa shape index (κ2) is 10.6. The number of aromatic nitrogens is 1. The molecular weight excluding hydrogens is 438 g/mol. The Morgan fingerprint density at radius 2 is 1.71 bits per heavy atom. The summed E-state index contributed by atoms with van der Waals surface area (Å²) in [7, 11) is 0. The van der Waals surface area contributed by atoms with Gasteiger partial charge >= 0.3 is 0 Å². The maximum atomic E-state index is 14.1. The quantitative estimate of drug-likeness (QED) is 0.402. The highest BCUT2D eigenvalue weighted by Gasteiger charge is 2.15. The number of hydrogen-bond donors (Lipinski definition) is 0. The van der Waals surface area contributed by atoms with Crippen LogP contribution in [0.1, 0.15) is 41.2 Å². The molecule has 0 aliphatic heterocycles. The average Bonchev–Trinajstić information content (AvgIpc) is 2.75. The third-order valence-electron chi connectivity index (χ3n) is 4.87. The molecule has 31 heavy (non-hydrogen) atoms. The second-order valence-electron chi connectivity index (χ2n) is 6.94. The number of pyridine rings is 1. The van der Waals surface area contributed by atoms with Gasteiger partial charge in [0, 0.05) is 46.4 Å². The largest absolute Gasteiger partial charge is 0.489 e. The van der Waals surface area contributed by atoms with Gasteiger partial charge < -0.3 is 9.64 Å². The maximum absolute atomic E-state index is 14.1. The van der Waals surface area contributed by atoms with Crippen molar-refractivity contribution in [1.29, 1.82) is 0 Å². The van der Waals surface area contributed by atoms with E-state index < -0.39 is 5.82 Å². The Morgan fingerprint density at radius 1 is 1.00 bits per heavy atom. The van der Waals surface area contributed by atoms with E-state index in [9.17, 15) is 9.18 Å². The molecule has 0 spiro atoms. The summed E-state index contributed by atoms with van der Waals surface area (Å²) in [6, 6.07) is 15.1. The van der Waals surface area contributed by atoms with Crippen molar-refractivity contribution in [2.24, 2.45) is 0 Å². The third kappa shape index (κ3) is 5.96. The molecule has 7 heteroatoms. The standard InChI is InChI=1S/C24H23Cl2FN2O2/c1-3-29(4-2)24(30)22-7-5-6-20(28-22)13-17-12-18(25)10-11-23(17)31-15-16-8-9-19(26)14-21(16)27/h5-12,14H,3-4,13,15H2,1-2H3. The molecule has 3 rings (SSSR count). The van der Waals surface area contributed by atoms with Gasteiger partial charge in [0.1, 0.15) is 23.9 Å². The van der Waals surface area contributed by atoms with Crippen LogP contribution in [0.15, 0.2) is 54.6 Å². The van der Waals surface area contributed by atoms with Crippen LogP contribution in [0.3, 0.4) is 0 Å². The SMILES string of the molecule is CCN(CC)C(=O)c1cccc(Cc2cc(Cl)ccc2OCc2ccc(Cl)cc2F)n1. The summed E-state index contributed by atoms with van der Waals surface area (Å²) < 4.78 is 20.0. The Labute approximate surface area is 191 Å². The van der Waals surface area contributed by atoms with Crippen molar-refractivity contribution in [2.45, 2.75) is 26.9 Å². The summed E-state index contributed by atoms with van der Waals surface area (Å²) in [6.07, 6.45) is 0.415. The van der Waals surface area contributed by atoms with Gasteiger partial charge in [0.15, 0.2) is 0 Å². The van der Waals surface area contributed by atoms with E-state index in [2.05, 4.69) is 4.98 Å². The minimum Gasteiger partial charge on any atom is -0.489 e. The van der Waals surface area contributed by atoms with Crippen LogP contribution in [0.2, 0.25) is 10.0 Å². The number of nitrogens with zero attached hydrogens (tertiary/aromatic N) is 2. The minimum absolute atomic E-state index is 0.0472. The fourth-order valence-corrected chi connectivity index (χ4v) is 3.54. The molecule has 0 atom stereocenters. The summed E-state index contributed by atoms with van der Waals surface area (Å²) in [5.74, 6) is 0.0425. The Bertz CT molecular complexity index is 1070. The Hall–Kier alpha value is -2.63. The Morgan fingerprint density at radius 3 is 2.42 bits per heavy atom. The lowest BCUT2D eigenvalue weighted by molar-refractivity contribution is 0.0767. The van der Waals surface area contributed by atoms with Crippen LogP contribution >= 0.6 is 23.2 Å². The first kappa shape index (κ1) is 23.0. The van der Waals surface area contributed by atoms with E-state index in [-0.39, 0.29) is 12.5 Å². The highest BCUT2D eigenvalue weighted by atomic mass is 35.5. The Kier molecular flexibility index (Phi) is 7.88. The van der Waals surface area contributed by atoms with Crippen molar-refractivity contribution >= 4 is 29.1 Å². The lowest BCUT2D eigenvalue weighted by Crippen LogP contribution is -2.31. The molecule has 0 saturated carbocycles. The molecule has 0 N–H and O–H groups in total. The maximum Gasteiger partial charge on any atom is 0.272 e. The lowest BCUT2D eigenvalue weighted by Gasteiger charge is -2.18. The number of benzene rings is 2. The summed E-state index contributed by atoms with van der Waals surface area (Å²) in [5, 5.41) is 0.883. The van der Waals surface area contributed by atoms with Crippen LogP contribution in [-0.4, -0.2) is 28.9 Å². The van der Waals surface area contributed by atoms with Gasteiger partial charge in [0.05, 0.1) is 0 Å². The molecule has 1 amide bonds. The highest BCUT2D eigenvalue weighted by molar-refractivity contribution is 6.30. The fraction of sp³-hybridized carbons (Fsp3) is 0.250. The van der Waals surface area contributed by atoms with Crippen molar-refractivity contribution < 1.29 is 13.9 Å². The number of halogens is 3. The van der Waals surface area contributed by atoms with Crippen molar-refractivity contribution in [3.63, 3.8) is 0 Å². The van der Waals surface area contributed by atoms with E-state index in [1.807, 2.05) is 26.0 Å². The van der Waals surface area contributed by atoms with Crippen LogP contribution in [0.4, 0.5) is 4.39 Å². The monoisotopic (exact) mass is 460 g/mol. The van der Waals surface area contributed by atoms with E-state index >= 15 is 0 Å². The van der Waals surface area contributed by atoms with Crippen LogP contribution in [-0.2, 0) is 13.0 Å². The van der Waals surface area contributed by atoms with Gasteiger partial charge in [-0.05, 0) is 56.3 Å². The van der Waals surface area contributed by atoms with Gasteiger partial charge in [0.25, 0.3) is 5.91 Å². The third-order valence-corrected chi connectivity index (χ3v) is 5.34. The fourth-order valence-electron chi connectivity index (χ4n) is 3.19. The van der Waals surface area contributed by atoms with Gasteiger partial charge in [-0.25, -0.2) is 9.37 Å². The lowest BCUT2D eigenvalue weighted by atomic mass is 10.1. The molecule has 0 aliphatic carbocycles. The molecule has 0 radical (unpaired) electrons. The van der Waals surface area contributed by atoms with Crippen LogP contribution in [0.25, 0.3) is 0 Å². The number of rotatable bonds is 8. The molecular formula is C24H23Cl2FN2O2. The van der Waals surface area contributed by atoms with Crippen LogP contribution in [0, 0.1) is 5.82 Å². The first-order chi connectivity index (χ1) is 14.9. The molecule has 3 aromatic rings. The van der Waals surface area contributed by atoms with Gasteiger partial charge in [-0.15, -0.1) is 0 Å². The first-order valence-corrected chi connectivity index (χ1v) is 10.8. The minimum atomic E-state index is -0.424. The molecule has 0 aliphatic rings. The number of carbonyl (C=O) groups is 1. The van der Waals surface area contributed by atoms with E-state index in [1.165, 1.54) is 6.07 Å². The molecule has 0 bridgehead atoms. The van der Waals surface area contributed by atoms with Gasteiger partial charge in [-0.3, -0.25) is 4.79 Å². The first-order valence-electron chi connectivity index (χ1n) is 10.0. The second-order valence-corrected chi connectivity index (χ2v) is 7.82. The van der Waals surface area contributed by atoms with Crippen molar-refractivity contribution in [2.75, 3.05) is 13.1 Å². The molecule has 0 saturated heterocycles.